The molecule has 7 heteroatoms. The molecule has 2 aromatic carbocycles. The van der Waals surface area contributed by atoms with E-state index >= 15 is 0 Å². The summed E-state index contributed by atoms with van der Waals surface area (Å²) in [7, 11) is 0. The van der Waals surface area contributed by atoms with Gasteiger partial charge in [0, 0.05) is 24.3 Å². The van der Waals surface area contributed by atoms with Crippen LogP contribution in [-0.2, 0) is 0 Å². The second-order valence-corrected chi connectivity index (χ2v) is 7.39. The Kier molecular flexibility index (Phi) is 4.34. The average Bonchev–Trinajstić information content (AvgIpc) is 3.28. The van der Waals surface area contributed by atoms with E-state index in [1.54, 1.807) is 23.1 Å². The standard InChI is InChI=1S/C20H16N4O2S/c1-12-10-13(6-7-16(12)24-9-8-22-20(24)26)18(25)14(11-21)19-23-15-4-2-3-5-17(15)27-19/h2-7,10,14H,8-9H2,1H3,(H,22,26). The van der Waals surface area contributed by atoms with Gasteiger partial charge in [0.2, 0.25) is 0 Å². The summed E-state index contributed by atoms with van der Waals surface area (Å²) < 4.78 is 0.951. The molecule has 0 spiro atoms. The van der Waals surface area contributed by atoms with Crippen molar-refractivity contribution in [1.82, 2.24) is 10.3 Å². The number of thiazole rings is 1. The van der Waals surface area contributed by atoms with Gasteiger partial charge in [-0.05, 0) is 42.8 Å². The number of amides is 2. The topological polar surface area (TPSA) is 86.1 Å². The van der Waals surface area contributed by atoms with Crippen LogP contribution in [0.2, 0.25) is 0 Å². The molecule has 1 aromatic heterocycles. The SMILES string of the molecule is Cc1cc(C(=O)C(C#N)c2nc3ccccc3s2)ccc1N1CCNC1=O. The van der Waals surface area contributed by atoms with Crippen LogP contribution < -0.4 is 10.2 Å². The normalized spacial score (nSPS) is 14.8. The monoisotopic (exact) mass is 376 g/mol. The second-order valence-electron chi connectivity index (χ2n) is 6.33. The molecule has 2 heterocycles. The molecule has 1 unspecified atom stereocenters. The summed E-state index contributed by atoms with van der Waals surface area (Å²) >= 11 is 1.37. The van der Waals surface area contributed by atoms with Crippen LogP contribution in [0, 0.1) is 18.3 Å². The predicted octanol–water partition coefficient (Wildman–Crippen LogP) is 3.62. The molecule has 1 atom stereocenters. The fraction of sp³-hybridized carbons (Fsp3) is 0.200. The van der Waals surface area contributed by atoms with Crippen molar-refractivity contribution in [3.63, 3.8) is 0 Å². The molecule has 0 radical (unpaired) electrons. The van der Waals surface area contributed by atoms with E-state index in [4.69, 9.17) is 0 Å². The van der Waals surface area contributed by atoms with Gasteiger partial charge < -0.3 is 5.32 Å². The van der Waals surface area contributed by atoms with Crippen LogP contribution in [0.1, 0.15) is 26.8 Å². The molecular weight excluding hydrogens is 360 g/mol. The number of nitrogens with one attached hydrogen (secondary N) is 1. The van der Waals surface area contributed by atoms with E-state index < -0.39 is 5.92 Å². The number of rotatable bonds is 4. The summed E-state index contributed by atoms with van der Waals surface area (Å²) in [6.07, 6.45) is 0. The van der Waals surface area contributed by atoms with Gasteiger partial charge in [-0.2, -0.15) is 5.26 Å². The number of fused-ring (bicyclic) bond motifs is 1. The first-order chi connectivity index (χ1) is 13.1. The van der Waals surface area contributed by atoms with Crippen LogP contribution in [0.3, 0.4) is 0 Å². The van der Waals surface area contributed by atoms with Crippen LogP contribution in [0.5, 0.6) is 0 Å². The molecule has 1 aliphatic heterocycles. The molecule has 1 fully saturated rings. The zero-order valence-corrected chi connectivity index (χ0v) is 15.4. The molecule has 1 saturated heterocycles. The van der Waals surface area contributed by atoms with E-state index in [1.807, 2.05) is 31.2 Å². The number of anilines is 1. The van der Waals surface area contributed by atoms with Crippen molar-refractivity contribution in [2.45, 2.75) is 12.8 Å². The van der Waals surface area contributed by atoms with Gasteiger partial charge in [-0.1, -0.05) is 12.1 Å². The fourth-order valence-corrected chi connectivity index (χ4v) is 4.23. The summed E-state index contributed by atoms with van der Waals surface area (Å²) in [6, 6.07) is 14.7. The number of benzene rings is 2. The number of ketones is 1. The summed E-state index contributed by atoms with van der Waals surface area (Å²) in [4.78, 5) is 30.9. The third-order valence-corrected chi connectivity index (χ3v) is 5.68. The molecule has 3 aromatic rings. The van der Waals surface area contributed by atoms with Crippen LogP contribution >= 0.6 is 11.3 Å². The van der Waals surface area contributed by atoms with Crippen LogP contribution in [0.25, 0.3) is 10.2 Å². The van der Waals surface area contributed by atoms with E-state index in [-0.39, 0.29) is 11.8 Å². The Balaban J connectivity index is 1.65. The molecule has 0 bridgehead atoms. The highest BCUT2D eigenvalue weighted by Gasteiger charge is 2.27. The lowest BCUT2D eigenvalue weighted by atomic mass is 9.97. The number of carbonyl (C=O) groups is 2. The Labute approximate surface area is 160 Å². The number of para-hydroxylation sites is 1. The van der Waals surface area contributed by atoms with Gasteiger partial charge in [0.25, 0.3) is 0 Å². The summed E-state index contributed by atoms with van der Waals surface area (Å²) in [5, 5.41) is 12.9. The van der Waals surface area contributed by atoms with Crippen molar-refractivity contribution >= 4 is 39.1 Å². The summed E-state index contributed by atoms with van der Waals surface area (Å²) in [5.41, 5.74) is 2.83. The quantitative estimate of drug-likeness (QED) is 0.705. The fourth-order valence-electron chi connectivity index (χ4n) is 3.22. The van der Waals surface area contributed by atoms with Gasteiger partial charge in [0.1, 0.15) is 5.01 Å². The molecule has 0 aliphatic carbocycles. The predicted molar refractivity (Wildman–Crippen MR) is 104 cm³/mol. The lowest BCUT2D eigenvalue weighted by molar-refractivity contribution is 0.0979. The van der Waals surface area contributed by atoms with Crippen molar-refractivity contribution in [1.29, 1.82) is 5.26 Å². The number of hydrogen-bond acceptors (Lipinski definition) is 5. The van der Waals surface area contributed by atoms with Crippen molar-refractivity contribution < 1.29 is 9.59 Å². The van der Waals surface area contributed by atoms with E-state index in [0.717, 1.165) is 21.5 Å². The molecule has 27 heavy (non-hydrogen) atoms. The number of hydrogen-bond donors (Lipinski definition) is 1. The Morgan fingerprint density at radius 3 is 2.81 bits per heavy atom. The first-order valence-corrected chi connectivity index (χ1v) is 9.35. The first kappa shape index (κ1) is 17.2. The lowest BCUT2D eigenvalue weighted by Crippen LogP contribution is -2.28. The van der Waals surface area contributed by atoms with Crippen LogP contribution in [-0.4, -0.2) is 29.9 Å². The smallest absolute Gasteiger partial charge is 0.322 e. The summed E-state index contributed by atoms with van der Waals surface area (Å²) in [6.45, 7) is 3.06. The van der Waals surface area contributed by atoms with Crippen molar-refractivity contribution in [3.05, 3.63) is 58.6 Å². The minimum Gasteiger partial charge on any atom is -0.336 e. The van der Waals surface area contributed by atoms with E-state index in [9.17, 15) is 14.9 Å². The number of nitriles is 1. The number of urea groups is 1. The van der Waals surface area contributed by atoms with Gasteiger partial charge in [-0.25, -0.2) is 9.78 Å². The zero-order chi connectivity index (χ0) is 19.0. The number of aryl methyl sites for hydroxylation is 1. The highest BCUT2D eigenvalue weighted by molar-refractivity contribution is 7.18. The number of aromatic nitrogens is 1. The van der Waals surface area contributed by atoms with Gasteiger partial charge in [-0.15, -0.1) is 11.3 Å². The Hall–Kier alpha value is -3.24. The van der Waals surface area contributed by atoms with Crippen molar-refractivity contribution in [3.8, 4) is 6.07 Å². The minimum atomic E-state index is -0.942. The third-order valence-electron chi connectivity index (χ3n) is 4.58. The van der Waals surface area contributed by atoms with Crippen LogP contribution in [0.4, 0.5) is 10.5 Å². The first-order valence-electron chi connectivity index (χ1n) is 8.54. The highest BCUT2D eigenvalue weighted by atomic mass is 32.1. The maximum Gasteiger partial charge on any atom is 0.322 e. The lowest BCUT2D eigenvalue weighted by Gasteiger charge is -2.17. The average molecular weight is 376 g/mol. The molecule has 1 aliphatic rings. The van der Waals surface area contributed by atoms with E-state index in [2.05, 4.69) is 16.4 Å². The van der Waals surface area contributed by atoms with Gasteiger partial charge in [0.15, 0.2) is 11.7 Å². The maximum atomic E-state index is 13.0. The van der Waals surface area contributed by atoms with Crippen LogP contribution in [0.15, 0.2) is 42.5 Å². The second kappa shape index (κ2) is 6.82. The van der Waals surface area contributed by atoms with E-state index in [0.29, 0.717) is 23.7 Å². The largest absolute Gasteiger partial charge is 0.336 e. The molecule has 134 valence electrons. The molecule has 1 N–H and O–H groups in total. The number of carbonyl (C=O) groups excluding carboxylic acids is 2. The van der Waals surface area contributed by atoms with Gasteiger partial charge in [0.05, 0.1) is 16.3 Å². The number of nitrogens with zero attached hydrogens (tertiary/aromatic N) is 3. The molecule has 0 saturated carbocycles. The minimum absolute atomic E-state index is 0.137. The van der Waals surface area contributed by atoms with Crippen molar-refractivity contribution in [2.24, 2.45) is 0 Å². The van der Waals surface area contributed by atoms with Gasteiger partial charge in [-0.3, -0.25) is 9.69 Å². The molecule has 2 amide bonds. The number of Topliss-reactive ketones (excluding diaryl/α,β-unsaturated/α-hetero) is 1. The Bertz CT molecular complexity index is 1070. The Morgan fingerprint density at radius 2 is 2.15 bits per heavy atom. The third kappa shape index (κ3) is 3.04. The maximum absolute atomic E-state index is 13.0. The Morgan fingerprint density at radius 1 is 1.33 bits per heavy atom. The molecule has 6 nitrogen and oxygen atoms in total. The molecular formula is C20H16N4O2S. The van der Waals surface area contributed by atoms with Gasteiger partial charge >= 0.3 is 6.03 Å². The zero-order valence-electron chi connectivity index (χ0n) is 14.6. The molecule has 4 rings (SSSR count). The van der Waals surface area contributed by atoms with E-state index in [1.165, 1.54) is 11.3 Å². The highest BCUT2D eigenvalue weighted by Crippen LogP contribution is 2.31. The van der Waals surface area contributed by atoms with Crippen molar-refractivity contribution in [2.75, 3.05) is 18.0 Å². The summed E-state index contributed by atoms with van der Waals surface area (Å²) in [5.74, 6) is -1.22.